The van der Waals surface area contributed by atoms with Crippen molar-refractivity contribution in [3.63, 3.8) is 0 Å². The zero-order valence-corrected chi connectivity index (χ0v) is 11.5. The van der Waals surface area contributed by atoms with Gasteiger partial charge in [0.25, 0.3) is 0 Å². The van der Waals surface area contributed by atoms with Crippen LogP contribution in [0.2, 0.25) is 0 Å². The molecule has 6 nitrogen and oxygen atoms in total. The number of fused-ring (bicyclic) bond motifs is 1. The molecule has 2 aromatic heterocycles. The van der Waals surface area contributed by atoms with Crippen molar-refractivity contribution in [2.45, 2.75) is 37.8 Å². The molecule has 2 N–H and O–H groups in total. The van der Waals surface area contributed by atoms with Crippen LogP contribution in [0.25, 0.3) is 11.0 Å². The quantitative estimate of drug-likeness (QED) is 0.874. The molecular formula is C13H20N6. The van der Waals surface area contributed by atoms with Gasteiger partial charge in [-0.1, -0.05) is 12.8 Å². The molecule has 0 aliphatic heterocycles. The van der Waals surface area contributed by atoms with Crippen molar-refractivity contribution < 1.29 is 0 Å². The van der Waals surface area contributed by atoms with E-state index in [1.165, 1.54) is 12.8 Å². The Labute approximate surface area is 112 Å². The number of likely N-dealkylation sites (N-methyl/N-ethyl adjacent to an activating group) is 1. The fourth-order valence-corrected chi connectivity index (χ4v) is 3.01. The zero-order chi connectivity index (χ0) is 13.4. The molecule has 3 rings (SSSR count). The van der Waals surface area contributed by atoms with Crippen LogP contribution in [0, 0.1) is 0 Å². The Bertz CT molecular complexity index is 578. The standard InChI is InChI=1S/C13H20N6/c1-18(11-6-4-3-5-10(11)14)12-9-7-17-19(2)13(9)16-8-15-12/h7-8,10-11H,3-6,14H2,1-2H3. The van der Waals surface area contributed by atoms with E-state index in [1.807, 2.05) is 13.2 Å². The number of nitrogens with two attached hydrogens (primary N) is 1. The number of hydrogen-bond acceptors (Lipinski definition) is 5. The number of aromatic nitrogens is 4. The Balaban J connectivity index is 1.99. The molecule has 2 heterocycles. The lowest BCUT2D eigenvalue weighted by Crippen LogP contribution is -2.48. The summed E-state index contributed by atoms with van der Waals surface area (Å²) in [5.74, 6) is 0.931. The Kier molecular flexibility index (Phi) is 3.10. The predicted molar refractivity (Wildman–Crippen MR) is 74.9 cm³/mol. The number of hydrogen-bond donors (Lipinski definition) is 1. The van der Waals surface area contributed by atoms with E-state index in [0.717, 1.165) is 29.7 Å². The molecule has 2 atom stereocenters. The summed E-state index contributed by atoms with van der Waals surface area (Å²) in [6, 6.07) is 0.576. The molecule has 2 unspecified atom stereocenters. The third-order valence-corrected chi connectivity index (χ3v) is 4.12. The lowest BCUT2D eigenvalue weighted by Gasteiger charge is -2.36. The predicted octanol–water partition coefficient (Wildman–Crippen LogP) is 1.07. The van der Waals surface area contributed by atoms with Gasteiger partial charge in [0.15, 0.2) is 5.65 Å². The van der Waals surface area contributed by atoms with Crippen molar-refractivity contribution in [3.8, 4) is 0 Å². The van der Waals surface area contributed by atoms with E-state index < -0.39 is 0 Å². The summed E-state index contributed by atoms with van der Waals surface area (Å²) in [6.07, 6.45) is 8.13. The van der Waals surface area contributed by atoms with Gasteiger partial charge in [0.05, 0.1) is 11.6 Å². The number of nitrogens with zero attached hydrogens (tertiary/aromatic N) is 5. The van der Waals surface area contributed by atoms with E-state index in [-0.39, 0.29) is 6.04 Å². The van der Waals surface area contributed by atoms with E-state index in [9.17, 15) is 0 Å². The maximum atomic E-state index is 6.26. The fraction of sp³-hybridized carbons (Fsp3) is 0.615. The van der Waals surface area contributed by atoms with Gasteiger partial charge in [0, 0.05) is 26.2 Å². The summed E-state index contributed by atoms with van der Waals surface area (Å²) in [5.41, 5.74) is 7.12. The van der Waals surface area contributed by atoms with E-state index >= 15 is 0 Å². The van der Waals surface area contributed by atoms with Crippen LogP contribution in [0.3, 0.4) is 0 Å². The zero-order valence-electron chi connectivity index (χ0n) is 11.5. The molecule has 1 saturated carbocycles. The van der Waals surface area contributed by atoms with E-state index in [4.69, 9.17) is 5.73 Å². The second-order valence-corrected chi connectivity index (χ2v) is 5.33. The largest absolute Gasteiger partial charge is 0.354 e. The van der Waals surface area contributed by atoms with Crippen LogP contribution < -0.4 is 10.6 Å². The van der Waals surface area contributed by atoms with Gasteiger partial charge in [0.2, 0.25) is 0 Å². The second kappa shape index (κ2) is 4.77. The third-order valence-electron chi connectivity index (χ3n) is 4.12. The molecule has 1 fully saturated rings. The minimum absolute atomic E-state index is 0.223. The Morgan fingerprint density at radius 3 is 2.89 bits per heavy atom. The first-order valence-electron chi connectivity index (χ1n) is 6.79. The minimum Gasteiger partial charge on any atom is -0.354 e. The summed E-state index contributed by atoms with van der Waals surface area (Å²) in [4.78, 5) is 10.9. The highest BCUT2D eigenvalue weighted by atomic mass is 15.3. The lowest BCUT2D eigenvalue weighted by atomic mass is 9.90. The van der Waals surface area contributed by atoms with Gasteiger partial charge in [-0.05, 0) is 12.8 Å². The number of anilines is 1. The first-order chi connectivity index (χ1) is 9.18. The van der Waals surface area contributed by atoms with Crippen LogP contribution in [0.1, 0.15) is 25.7 Å². The number of rotatable bonds is 2. The van der Waals surface area contributed by atoms with E-state index in [1.54, 1.807) is 11.0 Å². The Morgan fingerprint density at radius 1 is 1.32 bits per heavy atom. The van der Waals surface area contributed by atoms with Crippen LogP contribution in [0.4, 0.5) is 5.82 Å². The molecule has 2 aromatic rings. The fourth-order valence-electron chi connectivity index (χ4n) is 3.01. The second-order valence-electron chi connectivity index (χ2n) is 5.33. The molecule has 0 spiro atoms. The smallest absolute Gasteiger partial charge is 0.163 e. The van der Waals surface area contributed by atoms with Crippen LogP contribution in [-0.2, 0) is 7.05 Å². The molecular weight excluding hydrogens is 240 g/mol. The minimum atomic E-state index is 0.223. The third kappa shape index (κ3) is 2.06. The van der Waals surface area contributed by atoms with Crippen molar-refractivity contribution in [2.24, 2.45) is 12.8 Å². The molecule has 0 radical (unpaired) electrons. The summed E-state index contributed by atoms with van der Waals surface area (Å²) in [6.45, 7) is 0. The first-order valence-corrected chi connectivity index (χ1v) is 6.79. The molecule has 6 heteroatoms. The van der Waals surface area contributed by atoms with Gasteiger partial charge in [-0.3, -0.25) is 4.68 Å². The SMILES string of the molecule is CN(c1ncnc2c1cnn2C)C1CCCCC1N. The van der Waals surface area contributed by atoms with Crippen molar-refractivity contribution in [3.05, 3.63) is 12.5 Å². The van der Waals surface area contributed by atoms with Gasteiger partial charge in [-0.25, -0.2) is 9.97 Å². The molecule has 0 amide bonds. The molecule has 0 saturated heterocycles. The van der Waals surface area contributed by atoms with Gasteiger partial charge < -0.3 is 10.6 Å². The molecule has 19 heavy (non-hydrogen) atoms. The van der Waals surface area contributed by atoms with Crippen LogP contribution in [0.5, 0.6) is 0 Å². The van der Waals surface area contributed by atoms with Crippen LogP contribution >= 0.6 is 0 Å². The molecule has 1 aliphatic rings. The summed E-state index contributed by atoms with van der Waals surface area (Å²) in [7, 11) is 3.97. The van der Waals surface area contributed by atoms with Gasteiger partial charge in [-0.15, -0.1) is 0 Å². The van der Waals surface area contributed by atoms with Crippen molar-refractivity contribution in [1.82, 2.24) is 19.7 Å². The van der Waals surface area contributed by atoms with Crippen molar-refractivity contribution >= 4 is 16.9 Å². The number of aryl methyl sites for hydroxylation is 1. The molecule has 1 aliphatic carbocycles. The highest BCUT2D eigenvalue weighted by Gasteiger charge is 2.27. The highest BCUT2D eigenvalue weighted by Crippen LogP contribution is 2.28. The average Bonchev–Trinajstić information content (AvgIpc) is 2.80. The monoisotopic (exact) mass is 260 g/mol. The Morgan fingerprint density at radius 2 is 2.11 bits per heavy atom. The topological polar surface area (TPSA) is 72.9 Å². The summed E-state index contributed by atoms with van der Waals surface area (Å²) in [5, 5.41) is 5.25. The van der Waals surface area contributed by atoms with Crippen molar-refractivity contribution in [1.29, 1.82) is 0 Å². The maximum Gasteiger partial charge on any atom is 0.163 e. The molecule has 102 valence electrons. The van der Waals surface area contributed by atoms with Gasteiger partial charge >= 0.3 is 0 Å². The van der Waals surface area contributed by atoms with Gasteiger partial charge in [-0.2, -0.15) is 5.10 Å². The van der Waals surface area contributed by atoms with Crippen molar-refractivity contribution in [2.75, 3.05) is 11.9 Å². The Hall–Kier alpha value is -1.69. The molecule has 0 bridgehead atoms. The normalized spacial score (nSPS) is 23.7. The lowest BCUT2D eigenvalue weighted by molar-refractivity contribution is 0.373. The summed E-state index contributed by atoms with van der Waals surface area (Å²) < 4.78 is 1.77. The highest BCUT2D eigenvalue weighted by molar-refractivity contribution is 5.86. The van der Waals surface area contributed by atoms with Crippen LogP contribution in [-0.4, -0.2) is 38.9 Å². The summed E-state index contributed by atoms with van der Waals surface area (Å²) >= 11 is 0. The first kappa shape index (κ1) is 12.3. The maximum absolute atomic E-state index is 6.26. The van der Waals surface area contributed by atoms with E-state index in [2.05, 4.69) is 27.0 Å². The van der Waals surface area contributed by atoms with E-state index in [0.29, 0.717) is 6.04 Å². The average molecular weight is 260 g/mol. The van der Waals surface area contributed by atoms with Crippen LogP contribution in [0.15, 0.2) is 12.5 Å². The van der Waals surface area contributed by atoms with Gasteiger partial charge in [0.1, 0.15) is 12.1 Å². The molecule has 0 aromatic carbocycles.